The molecule has 0 aromatic heterocycles. The molecule has 2 heteroatoms. The number of hydrogen-bond donors (Lipinski definition) is 0. The molecule has 3 rings (SSSR count). The zero-order valence-electron chi connectivity index (χ0n) is 23.8. The predicted molar refractivity (Wildman–Crippen MR) is 154 cm³/mol. The van der Waals surface area contributed by atoms with E-state index in [4.69, 9.17) is 2.81 Å². The van der Waals surface area contributed by atoms with Crippen molar-refractivity contribution in [3.05, 3.63) is 108 Å². The van der Waals surface area contributed by atoms with Crippen molar-refractivity contribution in [3.63, 3.8) is 0 Å². The third-order valence-electron chi connectivity index (χ3n) is 7.86. The first kappa shape index (κ1) is 29.1. The summed E-state index contributed by atoms with van der Waals surface area (Å²) < 4.78 is 10.9. The summed E-state index contributed by atoms with van der Waals surface area (Å²) in [5, 5.41) is 0. The molecule has 0 saturated carbocycles. The molecule has 3 aromatic carbocycles. The van der Waals surface area contributed by atoms with Gasteiger partial charge in [0.2, 0.25) is 0 Å². The SMILES string of the molecule is CCCC[O][Zr]([CH2]C(C)(C)c1ccccc1)([CH2]C(C)(C)c1ccccc1)[CH2]C(C)(C)c1ccccc1. The van der Waals surface area contributed by atoms with Gasteiger partial charge in [-0.25, -0.2) is 0 Å². The van der Waals surface area contributed by atoms with E-state index in [1.165, 1.54) is 35.5 Å². The van der Waals surface area contributed by atoms with E-state index >= 15 is 0 Å². The summed E-state index contributed by atoms with van der Waals surface area (Å²) in [7, 11) is 0. The monoisotopic (exact) mass is 562 g/mol. The molecule has 0 aliphatic heterocycles. The molecule has 0 saturated heterocycles. The summed E-state index contributed by atoms with van der Waals surface area (Å²) in [6.07, 6.45) is 2.32. The predicted octanol–water partition coefficient (Wildman–Crippen LogP) is 10.1. The van der Waals surface area contributed by atoms with Gasteiger partial charge in [0.25, 0.3) is 0 Å². The van der Waals surface area contributed by atoms with Crippen molar-refractivity contribution in [2.24, 2.45) is 0 Å². The van der Waals surface area contributed by atoms with Crippen LogP contribution in [-0.4, -0.2) is 6.61 Å². The summed E-state index contributed by atoms with van der Waals surface area (Å²) in [6.45, 7) is 17.8. The van der Waals surface area contributed by atoms with Gasteiger partial charge in [-0.05, 0) is 0 Å². The van der Waals surface area contributed by atoms with Gasteiger partial charge in [-0.1, -0.05) is 0 Å². The van der Waals surface area contributed by atoms with Gasteiger partial charge in [-0.2, -0.15) is 0 Å². The van der Waals surface area contributed by atoms with Gasteiger partial charge in [-0.3, -0.25) is 0 Å². The van der Waals surface area contributed by atoms with E-state index in [0.717, 1.165) is 13.0 Å². The van der Waals surface area contributed by atoms with Gasteiger partial charge in [0, 0.05) is 0 Å². The molecule has 3 aromatic rings. The quantitative estimate of drug-likeness (QED) is 0.188. The van der Waals surface area contributed by atoms with Gasteiger partial charge in [-0.15, -0.1) is 0 Å². The zero-order valence-corrected chi connectivity index (χ0v) is 26.3. The van der Waals surface area contributed by atoms with Crippen LogP contribution in [0, 0.1) is 0 Å². The first-order valence-corrected chi connectivity index (χ1v) is 20.0. The maximum absolute atomic E-state index is 7.35. The van der Waals surface area contributed by atoms with Crippen molar-refractivity contribution in [2.45, 2.75) is 89.9 Å². The van der Waals surface area contributed by atoms with Crippen molar-refractivity contribution in [1.29, 1.82) is 0 Å². The fraction of sp³-hybridized carbons (Fsp3) is 0.471. The Balaban J connectivity index is 2.09. The van der Waals surface area contributed by atoms with Gasteiger partial charge in [0.15, 0.2) is 0 Å². The second kappa shape index (κ2) is 12.4. The van der Waals surface area contributed by atoms with Crippen LogP contribution in [0.1, 0.15) is 78.0 Å². The van der Waals surface area contributed by atoms with Crippen molar-refractivity contribution in [2.75, 3.05) is 6.61 Å². The van der Waals surface area contributed by atoms with E-state index in [2.05, 4.69) is 139 Å². The topological polar surface area (TPSA) is 9.23 Å². The van der Waals surface area contributed by atoms with Crippen molar-refractivity contribution >= 4 is 0 Å². The van der Waals surface area contributed by atoms with Crippen LogP contribution in [0.25, 0.3) is 0 Å². The average molecular weight is 564 g/mol. The van der Waals surface area contributed by atoms with E-state index in [1.807, 2.05) is 0 Å². The van der Waals surface area contributed by atoms with Crippen LogP contribution in [0.3, 0.4) is 0 Å². The summed E-state index contributed by atoms with van der Waals surface area (Å²) in [4.78, 5) is 0. The molecule has 0 N–H and O–H groups in total. The second-order valence-corrected chi connectivity index (χ2v) is 21.8. The zero-order chi connectivity index (χ0) is 26.3. The first-order chi connectivity index (χ1) is 17.0. The fourth-order valence-electron chi connectivity index (χ4n) is 6.16. The minimum absolute atomic E-state index is 0.0725. The van der Waals surface area contributed by atoms with E-state index < -0.39 is 20.7 Å². The molecule has 0 spiro atoms. The molecule has 0 bridgehead atoms. The third-order valence-corrected chi connectivity index (χ3v) is 21.1. The molecular formula is C34H48OZr. The number of unbranched alkanes of at least 4 members (excludes halogenated alkanes) is 1. The van der Waals surface area contributed by atoms with Crippen LogP contribution in [0.2, 0.25) is 12.4 Å². The number of benzene rings is 3. The van der Waals surface area contributed by atoms with Crippen LogP contribution in [0.5, 0.6) is 0 Å². The third kappa shape index (κ3) is 7.75. The van der Waals surface area contributed by atoms with Gasteiger partial charge in [0.05, 0.1) is 0 Å². The van der Waals surface area contributed by atoms with Crippen LogP contribution >= 0.6 is 0 Å². The molecule has 0 aliphatic carbocycles. The van der Waals surface area contributed by atoms with E-state index in [-0.39, 0.29) is 16.2 Å². The maximum atomic E-state index is 7.35. The molecule has 0 radical (unpaired) electrons. The normalized spacial score (nSPS) is 13.1. The molecule has 0 atom stereocenters. The summed E-state index contributed by atoms with van der Waals surface area (Å²) in [6, 6.07) is 33.4. The first-order valence-electron chi connectivity index (χ1n) is 13.8. The number of rotatable bonds is 13. The molecular weight excluding hydrogens is 516 g/mol. The summed E-state index contributed by atoms with van der Waals surface area (Å²) >= 11 is -3.31. The molecule has 0 unspecified atom stereocenters. The standard InChI is InChI=1S/3C10H13.C4H9O.Zr/c3*1-10(2,3)9-7-5-4-6-8-9;1-2-3-4-5;/h3*4-8H,1H2,2-3H3;2-4H2,1H3;/q;;;-1;+1. The van der Waals surface area contributed by atoms with Gasteiger partial charge in [0.1, 0.15) is 0 Å². The Kier molecular flexibility index (Phi) is 9.98. The Morgan fingerprint density at radius 1 is 0.528 bits per heavy atom. The summed E-state index contributed by atoms with van der Waals surface area (Å²) in [5.74, 6) is 0. The van der Waals surface area contributed by atoms with Crippen LogP contribution < -0.4 is 0 Å². The Bertz CT molecular complexity index is 908. The van der Waals surface area contributed by atoms with Crippen molar-refractivity contribution < 1.29 is 23.5 Å². The number of hydrogen-bond acceptors (Lipinski definition) is 1. The van der Waals surface area contributed by atoms with E-state index in [1.54, 1.807) is 0 Å². The fourth-order valence-corrected chi connectivity index (χ4v) is 22.6. The summed E-state index contributed by atoms with van der Waals surface area (Å²) in [5.41, 5.74) is 4.51. The van der Waals surface area contributed by atoms with Crippen LogP contribution in [-0.2, 0) is 39.8 Å². The van der Waals surface area contributed by atoms with Crippen molar-refractivity contribution in [3.8, 4) is 0 Å². The van der Waals surface area contributed by atoms with Gasteiger partial charge >= 0.3 is 228 Å². The Morgan fingerprint density at radius 3 is 1.11 bits per heavy atom. The van der Waals surface area contributed by atoms with E-state index in [0.29, 0.717) is 0 Å². The molecule has 0 amide bonds. The Labute approximate surface area is 226 Å². The van der Waals surface area contributed by atoms with E-state index in [9.17, 15) is 0 Å². The minimum atomic E-state index is -3.31. The molecule has 36 heavy (non-hydrogen) atoms. The molecule has 0 fully saturated rings. The van der Waals surface area contributed by atoms with Crippen molar-refractivity contribution in [1.82, 2.24) is 0 Å². The Morgan fingerprint density at radius 2 is 0.833 bits per heavy atom. The Hall–Kier alpha value is -1.50. The molecule has 194 valence electrons. The molecule has 0 heterocycles. The second-order valence-electron chi connectivity index (χ2n) is 12.7. The van der Waals surface area contributed by atoms with Crippen LogP contribution in [0.15, 0.2) is 91.0 Å². The molecule has 0 aliphatic rings. The van der Waals surface area contributed by atoms with Gasteiger partial charge < -0.3 is 0 Å². The van der Waals surface area contributed by atoms with Crippen LogP contribution in [0.4, 0.5) is 0 Å². The molecule has 1 nitrogen and oxygen atoms in total. The average Bonchev–Trinajstić information content (AvgIpc) is 2.85.